The molecule has 5 heteroatoms. The van der Waals surface area contributed by atoms with Crippen LogP contribution in [0.1, 0.15) is 30.5 Å². The first kappa shape index (κ1) is 16.1. The number of aromatic nitrogens is 1. The molecule has 0 aliphatic carbocycles. The molecule has 2 N–H and O–H groups in total. The van der Waals surface area contributed by atoms with Crippen LogP contribution in [0.2, 0.25) is 0 Å². The fourth-order valence-corrected chi connectivity index (χ4v) is 2.66. The molecule has 0 aliphatic rings. The highest BCUT2D eigenvalue weighted by Crippen LogP contribution is 2.17. The molecule has 1 aromatic carbocycles. The van der Waals surface area contributed by atoms with E-state index in [1.54, 1.807) is 4.90 Å². The van der Waals surface area contributed by atoms with E-state index in [1.807, 2.05) is 45.9 Å². The third-order valence-corrected chi connectivity index (χ3v) is 3.85. The highest BCUT2D eigenvalue weighted by atomic mass is 16.2. The molecule has 0 spiro atoms. The van der Waals surface area contributed by atoms with Gasteiger partial charge in [-0.25, -0.2) is 4.79 Å². The number of urea groups is 1. The van der Waals surface area contributed by atoms with E-state index in [2.05, 4.69) is 10.3 Å². The van der Waals surface area contributed by atoms with Crippen LogP contribution in [-0.2, 0) is 6.54 Å². The Bertz CT molecular complexity index is 745. The van der Waals surface area contributed by atoms with Crippen LogP contribution in [-0.4, -0.2) is 29.0 Å². The molecule has 0 radical (unpaired) electrons. The van der Waals surface area contributed by atoms with Crippen LogP contribution in [0.15, 0.2) is 23.0 Å². The molecular weight excluding hydrogens is 278 g/mol. The summed E-state index contributed by atoms with van der Waals surface area (Å²) in [6.45, 7) is 9.39. The van der Waals surface area contributed by atoms with Gasteiger partial charge in [0.15, 0.2) is 0 Å². The minimum Gasteiger partial charge on any atom is -0.334 e. The molecule has 1 aromatic heterocycles. The number of amides is 2. The van der Waals surface area contributed by atoms with Crippen molar-refractivity contribution in [3.63, 3.8) is 0 Å². The number of nitrogens with zero attached hydrogens (tertiary/aromatic N) is 1. The molecule has 118 valence electrons. The molecule has 5 nitrogen and oxygen atoms in total. The number of hydrogen-bond donors (Lipinski definition) is 2. The lowest BCUT2D eigenvalue weighted by atomic mass is 10.1. The minimum atomic E-state index is -0.153. The summed E-state index contributed by atoms with van der Waals surface area (Å²) < 4.78 is 0. The van der Waals surface area contributed by atoms with Crippen LogP contribution in [0, 0.1) is 13.8 Å². The summed E-state index contributed by atoms with van der Waals surface area (Å²) in [5.74, 6) is 0. The van der Waals surface area contributed by atoms with Gasteiger partial charge in [0.1, 0.15) is 0 Å². The van der Waals surface area contributed by atoms with Gasteiger partial charge in [0.2, 0.25) is 0 Å². The molecule has 0 atom stereocenters. The number of carbonyl (C=O) groups excluding carboxylic acids is 1. The lowest BCUT2D eigenvalue weighted by molar-refractivity contribution is 0.203. The predicted molar refractivity (Wildman–Crippen MR) is 89.2 cm³/mol. The van der Waals surface area contributed by atoms with Crippen LogP contribution in [0.4, 0.5) is 4.79 Å². The smallest absolute Gasteiger partial charge is 0.317 e. The predicted octanol–water partition coefficient (Wildman–Crippen LogP) is 2.70. The van der Waals surface area contributed by atoms with E-state index < -0.39 is 0 Å². The van der Waals surface area contributed by atoms with E-state index >= 15 is 0 Å². The third kappa shape index (κ3) is 3.30. The Balaban J connectivity index is 2.27. The Morgan fingerprint density at radius 3 is 2.50 bits per heavy atom. The molecule has 0 aliphatic heterocycles. The lowest BCUT2D eigenvalue weighted by Crippen LogP contribution is -2.40. The van der Waals surface area contributed by atoms with Crippen molar-refractivity contribution in [1.82, 2.24) is 15.2 Å². The molecule has 22 heavy (non-hydrogen) atoms. The van der Waals surface area contributed by atoms with Crippen molar-refractivity contribution in [1.29, 1.82) is 0 Å². The summed E-state index contributed by atoms with van der Waals surface area (Å²) in [6, 6.07) is 5.79. The number of rotatable bonds is 4. The standard InChI is InChI=1S/C17H23N3O2/c1-5-20(6-2)17(22)18-10-14-9-13-8-11(3)7-12(4)15(13)19-16(14)21/h7-9H,5-6,10H2,1-4H3,(H,18,22)(H,19,21). The number of benzene rings is 1. The summed E-state index contributed by atoms with van der Waals surface area (Å²) in [5, 5.41) is 3.79. The number of aromatic amines is 1. The van der Waals surface area contributed by atoms with Crippen molar-refractivity contribution in [2.45, 2.75) is 34.2 Å². The van der Waals surface area contributed by atoms with E-state index in [1.165, 1.54) is 0 Å². The van der Waals surface area contributed by atoms with Gasteiger partial charge in [-0.3, -0.25) is 4.79 Å². The average Bonchev–Trinajstić information content (AvgIpc) is 2.47. The van der Waals surface area contributed by atoms with Gasteiger partial charge in [-0.1, -0.05) is 11.6 Å². The maximum absolute atomic E-state index is 12.2. The van der Waals surface area contributed by atoms with Gasteiger partial charge >= 0.3 is 6.03 Å². The van der Waals surface area contributed by atoms with E-state index in [4.69, 9.17) is 0 Å². The van der Waals surface area contributed by atoms with Gasteiger partial charge in [-0.2, -0.15) is 0 Å². The van der Waals surface area contributed by atoms with Crippen molar-refractivity contribution < 1.29 is 4.79 Å². The second-order valence-corrected chi connectivity index (χ2v) is 5.50. The van der Waals surface area contributed by atoms with Gasteiger partial charge in [-0.15, -0.1) is 0 Å². The normalized spacial score (nSPS) is 10.7. The summed E-state index contributed by atoms with van der Waals surface area (Å²) >= 11 is 0. The van der Waals surface area contributed by atoms with E-state index in [-0.39, 0.29) is 18.1 Å². The van der Waals surface area contributed by atoms with E-state index in [0.717, 1.165) is 22.0 Å². The number of hydrogen-bond acceptors (Lipinski definition) is 2. The first-order valence-electron chi connectivity index (χ1n) is 7.62. The highest BCUT2D eigenvalue weighted by molar-refractivity contribution is 5.83. The zero-order valence-electron chi connectivity index (χ0n) is 13.6. The Labute approximate surface area is 130 Å². The first-order valence-corrected chi connectivity index (χ1v) is 7.62. The van der Waals surface area contributed by atoms with Crippen molar-refractivity contribution in [3.05, 3.63) is 45.2 Å². The molecule has 0 fully saturated rings. The average molecular weight is 301 g/mol. The number of fused-ring (bicyclic) bond motifs is 1. The molecule has 0 saturated heterocycles. The monoisotopic (exact) mass is 301 g/mol. The van der Waals surface area contributed by atoms with Crippen molar-refractivity contribution in [2.24, 2.45) is 0 Å². The fraction of sp³-hybridized carbons (Fsp3) is 0.412. The quantitative estimate of drug-likeness (QED) is 0.912. The molecule has 0 bridgehead atoms. The van der Waals surface area contributed by atoms with Crippen LogP contribution >= 0.6 is 0 Å². The SMILES string of the molecule is CCN(CC)C(=O)NCc1cc2cc(C)cc(C)c2[nH]c1=O. The van der Waals surface area contributed by atoms with Crippen LogP contribution in [0.25, 0.3) is 10.9 Å². The first-order chi connectivity index (χ1) is 10.5. The van der Waals surface area contributed by atoms with Crippen molar-refractivity contribution >= 4 is 16.9 Å². The number of aryl methyl sites for hydroxylation is 2. The highest BCUT2D eigenvalue weighted by Gasteiger charge is 2.10. The minimum absolute atomic E-state index is 0.148. The Morgan fingerprint density at radius 1 is 1.18 bits per heavy atom. The van der Waals surface area contributed by atoms with Crippen LogP contribution in [0.3, 0.4) is 0 Å². The maximum Gasteiger partial charge on any atom is 0.317 e. The Morgan fingerprint density at radius 2 is 1.86 bits per heavy atom. The van der Waals surface area contributed by atoms with Gasteiger partial charge in [0.05, 0.1) is 5.52 Å². The van der Waals surface area contributed by atoms with Crippen LogP contribution in [0.5, 0.6) is 0 Å². The van der Waals surface area contributed by atoms with Crippen LogP contribution < -0.4 is 10.9 Å². The molecule has 2 amide bonds. The molecule has 2 rings (SSSR count). The summed E-state index contributed by atoms with van der Waals surface area (Å²) in [4.78, 5) is 28.7. The Kier molecular flexibility index (Phi) is 4.85. The topological polar surface area (TPSA) is 65.2 Å². The molecule has 2 aromatic rings. The number of H-pyrrole nitrogens is 1. The molecule has 0 unspecified atom stereocenters. The van der Waals surface area contributed by atoms with Crippen molar-refractivity contribution in [2.75, 3.05) is 13.1 Å². The van der Waals surface area contributed by atoms with Crippen molar-refractivity contribution in [3.8, 4) is 0 Å². The van der Waals surface area contributed by atoms with Gasteiger partial charge < -0.3 is 15.2 Å². The molecule has 1 heterocycles. The Hall–Kier alpha value is -2.30. The van der Waals surface area contributed by atoms with Gasteiger partial charge in [0, 0.05) is 25.2 Å². The number of pyridine rings is 1. The fourth-order valence-electron chi connectivity index (χ4n) is 2.66. The molecular formula is C17H23N3O2. The van der Waals surface area contributed by atoms with E-state index in [9.17, 15) is 9.59 Å². The maximum atomic E-state index is 12.2. The van der Waals surface area contributed by atoms with Gasteiger partial charge in [0.25, 0.3) is 5.56 Å². The zero-order chi connectivity index (χ0) is 16.3. The summed E-state index contributed by atoms with van der Waals surface area (Å²) in [5.41, 5.74) is 3.47. The largest absolute Gasteiger partial charge is 0.334 e. The second kappa shape index (κ2) is 6.64. The third-order valence-electron chi connectivity index (χ3n) is 3.85. The lowest BCUT2D eigenvalue weighted by Gasteiger charge is -2.19. The van der Waals surface area contributed by atoms with E-state index in [0.29, 0.717) is 18.7 Å². The number of nitrogens with one attached hydrogen (secondary N) is 2. The second-order valence-electron chi connectivity index (χ2n) is 5.50. The summed E-state index contributed by atoms with van der Waals surface area (Å²) in [7, 11) is 0. The number of carbonyl (C=O) groups is 1. The zero-order valence-corrected chi connectivity index (χ0v) is 13.6. The summed E-state index contributed by atoms with van der Waals surface area (Å²) in [6.07, 6.45) is 0. The molecule has 0 saturated carbocycles. The van der Waals surface area contributed by atoms with Gasteiger partial charge in [-0.05, 0) is 50.8 Å².